The molecule has 3 aliphatic rings. The van der Waals surface area contributed by atoms with Gasteiger partial charge in [0.25, 0.3) is 0 Å². The molecule has 0 aromatic heterocycles. The average molecular weight is 234 g/mol. The largest absolute Gasteiger partial charge is 0.0625 e. The van der Waals surface area contributed by atoms with E-state index in [0.29, 0.717) is 0 Å². The van der Waals surface area contributed by atoms with Gasteiger partial charge in [0.15, 0.2) is 0 Å². The molecule has 7 unspecified atom stereocenters. The normalized spacial score (nSPS) is 54.9. The predicted molar refractivity (Wildman–Crippen MR) is 73.8 cm³/mol. The minimum atomic E-state index is 1.00. The Balaban J connectivity index is 1.71. The van der Waals surface area contributed by atoms with Crippen LogP contribution in [-0.2, 0) is 0 Å². The summed E-state index contributed by atoms with van der Waals surface area (Å²) in [5.41, 5.74) is 0. The summed E-state index contributed by atoms with van der Waals surface area (Å²) in [7, 11) is 0. The van der Waals surface area contributed by atoms with Crippen LogP contribution in [0.25, 0.3) is 0 Å². The summed E-state index contributed by atoms with van der Waals surface area (Å²) in [6.45, 7) is 7.51. The maximum atomic E-state index is 2.54. The minimum absolute atomic E-state index is 1.00. The summed E-state index contributed by atoms with van der Waals surface area (Å²) < 4.78 is 0. The fourth-order valence-electron chi connectivity index (χ4n) is 5.66. The third-order valence-corrected chi connectivity index (χ3v) is 6.40. The smallest absolute Gasteiger partial charge is 0.0357 e. The van der Waals surface area contributed by atoms with Gasteiger partial charge in [0.1, 0.15) is 0 Å². The first-order valence-electron chi connectivity index (χ1n) is 8.13. The van der Waals surface area contributed by atoms with Gasteiger partial charge in [-0.25, -0.2) is 0 Å². The summed E-state index contributed by atoms with van der Waals surface area (Å²) in [5.74, 6) is 7.46. The zero-order valence-corrected chi connectivity index (χ0v) is 12.0. The molecule has 0 spiro atoms. The highest BCUT2D eigenvalue weighted by Crippen LogP contribution is 2.53. The van der Waals surface area contributed by atoms with Crippen LogP contribution >= 0.6 is 0 Å². The van der Waals surface area contributed by atoms with Gasteiger partial charge >= 0.3 is 0 Å². The minimum Gasteiger partial charge on any atom is -0.0625 e. The number of fused-ring (bicyclic) bond motifs is 2. The van der Waals surface area contributed by atoms with Crippen molar-refractivity contribution in [2.24, 2.45) is 41.4 Å². The Bertz CT molecular complexity index is 269. The van der Waals surface area contributed by atoms with Crippen LogP contribution < -0.4 is 0 Å². The molecule has 0 bridgehead atoms. The Morgan fingerprint density at radius 2 is 1.35 bits per heavy atom. The molecule has 3 rings (SSSR count). The lowest BCUT2D eigenvalue weighted by Gasteiger charge is -2.50. The Labute approximate surface area is 108 Å². The summed E-state index contributed by atoms with van der Waals surface area (Å²) in [6, 6.07) is 0. The van der Waals surface area contributed by atoms with E-state index >= 15 is 0 Å². The fourth-order valence-corrected chi connectivity index (χ4v) is 5.66. The second kappa shape index (κ2) is 4.59. The molecule has 0 heteroatoms. The molecule has 0 saturated heterocycles. The molecular formula is C17H30. The lowest BCUT2D eigenvalue weighted by atomic mass is 9.55. The number of hydrogen-bond acceptors (Lipinski definition) is 0. The first-order valence-corrected chi connectivity index (χ1v) is 8.13. The molecule has 0 heterocycles. The molecule has 3 aliphatic carbocycles. The van der Waals surface area contributed by atoms with Crippen molar-refractivity contribution in [3.05, 3.63) is 0 Å². The van der Waals surface area contributed by atoms with Crippen molar-refractivity contribution in [2.45, 2.75) is 65.7 Å². The van der Waals surface area contributed by atoms with Crippen molar-refractivity contribution in [2.75, 3.05) is 0 Å². The lowest BCUT2D eigenvalue weighted by molar-refractivity contribution is -0.00243. The van der Waals surface area contributed by atoms with Crippen molar-refractivity contribution >= 4 is 0 Å². The molecule has 0 aromatic carbocycles. The molecule has 98 valence electrons. The van der Waals surface area contributed by atoms with E-state index in [1.165, 1.54) is 12.8 Å². The average Bonchev–Trinajstić information content (AvgIpc) is 2.27. The maximum absolute atomic E-state index is 2.54. The van der Waals surface area contributed by atoms with Gasteiger partial charge in [-0.3, -0.25) is 0 Å². The van der Waals surface area contributed by atoms with Crippen LogP contribution in [0, 0.1) is 41.4 Å². The molecule has 0 amide bonds. The van der Waals surface area contributed by atoms with Gasteiger partial charge in [0, 0.05) is 0 Å². The molecule has 0 aliphatic heterocycles. The van der Waals surface area contributed by atoms with Crippen LogP contribution in [-0.4, -0.2) is 0 Å². The molecular weight excluding hydrogens is 204 g/mol. The highest BCUT2D eigenvalue weighted by atomic mass is 14.5. The van der Waals surface area contributed by atoms with Crippen LogP contribution in [0.4, 0.5) is 0 Å². The highest BCUT2D eigenvalue weighted by molar-refractivity contribution is 4.93. The van der Waals surface area contributed by atoms with Gasteiger partial charge in [-0.2, -0.15) is 0 Å². The summed E-state index contributed by atoms with van der Waals surface area (Å²) in [4.78, 5) is 0. The van der Waals surface area contributed by atoms with Crippen LogP contribution in [0.1, 0.15) is 65.7 Å². The maximum Gasteiger partial charge on any atom is -0.0357 e. The van der Waals surface area contributed by atoms with E-state index in [2.05, 4.69) is 20.8 Å². The van der Waals surface area contributed by atoms with E-state index in [1.54, 1.807) is 32.1 Å². The van der Waals surface area contributed by atoms with Crippen LogP contribution in [0.3, 0.4) is 0 Å². The number of rotatable bonds is 0. The molecule has 0 N–H and O–H groups in total. The quantitative estimate of drug-likeness (QED) is 0.545. The van der Waals surface area contributed by atoms with Gasteiger partial charge in [-0.05, 0) is 80.0 Å². The molecule has 7 atom stereocenters. The first-order chi connectivity index (χ1) is 8.13. The van der Waals surface area contributed by atoms with Crippen molar-refractivity contribution < 1.29 is 0 Å². The van der Waals surface area contributed by atoms with Gasteiger partial charge in [-0.15, -0.1) is 0 Å². The zero-order valence-electron chi connectivity index (χ0n) is 12.0. The highest BCUT2D eigenvalue weighted by Gasteiger charge is 2.43. The second-order valence-electron chi connectivity index (χ2n) is 7.89. The van der Waals surface area contributed by atoms with Gasteiger partial charge in [0.05, 0.1) is 0 Å². The van der Waals surface area contributed by atoms with Gasteiger partial charge < -0.3 is 0 Å². The van der Waals surface area contributed by atoms with E-state index in [4.69, 9.17) is 0 Å². The zero-order chi connectivity index (χ0) is 12.0. The standard InChI is InChI=1S/C17H30/c1-11-4-5-14-9-16-8-12(2)6-13(3)17(16)10-15(14)7-11/h11-17H,4-10H2,1-3H3. The van der Waals surface area contributed by atoms with Gasteiger partial charge in [0.2, 0.25) is 0 Å². The Kier molecular flexibility index (Phi) is 3.26. The summed E-state index contributed by atoms with van der Waals surface area (Å²) in [5, 5.41) is 0. The number of hydrogen-bond donors (Lipinski definition) is 0. The van der Waals surface area contributed by atoms with E-state index in [9.17, 15) is 0 Å². The van der Waals surface area contributed by atoms with Crippen molar-refractivity contribution in [1.29, 1.82) is 0 Å². The van der Waals surface area contributed by atoms with E-state index in [-0.39, 0.29) is 0 Å². The third kappa shape index (κ3) is 2.29. The van der Waals surface area contributed by atoms with Crippen molar-refractivity contribution in [1.82, 2.24) is 0 Å². The predicted octanol–water partition coefficient (Wildman–Crippen LogP) is 5.13. The Hall–Kier alpha value is 0. The molecule has 17 heavy (non-hydrogen) atoms. The fraction of sp³-hybridized carbons (Fsp3) is 1.00. The summed E-state index contributed by atoms with van der Waals surface area (Å²) >= 11 is 0. The first kappa shape index (κ1) is 12.1. The summed E-state index contributed by atoms with van der Waals surface area (Å²) in [6.07, 6.45) is 10.9. The monoisotopic (exact) mass is 234 g/mol. The van der Waals surface area contributed by atoms with E-state index < -0.39 is 0 Å². The molecule has 3 saturated carbocycles. The van der Waals surface area contributed by atoms with Crippen LogP contribution in [0.2, 0.25) is 0 Å². The molecule has 0 nitrogen and oxygen atoms in total. The Morgan fingerprint density at radius 3 is 2.18 bits per heavy atom. The topological polar surface area (TPSA) is 0 Å². The molecule has 3 fully saturated rings. The Morgan fingerprint density at radius 1 is 0.588 bits per heavy atom. The molecule has 0 radical (unpaired) electrons. The van der Waals surface area contributed by atoms with E-state index in [1.807, 2.05) is 0 Å². The van der Waals surface area contributed by atoms with Crippen LogP contribution in [0.5, 0.6) is 0 Å². The SMILES string of the molecule is CC1CCC2CC3CC(C)CC(C)C3CC2C1. The lowest BCUT2D eigenvalue weighted by Crippen LogP contribution is -2.41. The van der Waals surface area contributed by atoms with Crippen molar-refractivity contribution in [3.63, 3.8) is 0 Å². The molecule has 0 aromatic rings. The van der Waals surface area contributed by atoms with Crippen molar-refractivity contribution in [3.8, 4) is 0 Å². The third-order valence-electron chi connectivity index (χ3n) is 6.40. The van der Waals surface area contributed by atoms with E-state index in [0.717, 1.165) is 41.4 Å². The van der Waals surface area contributed by atoms with Crippen LogP contribution in [0.15, 0.2) is 0 Å². The second-order valence-corrected chi connectivity index (χ2v) is 7.89. The van der Waals surface area contributed by atoms with Gasteiger partial charge in [-0.1, -0.05) is 27.2 Å².